The lowest BCUT2D eigenvalue weighted by Crippen LogP contribution is -2.41. The van der Waals surface area contributed by atoms with E-state index in [0.717, 1.165) is 0 Å². The first-order valence-electron chi connectivity index (χ1n) is 3.09. The average Bonchev–Trinajstić information content (AvgIpc) is 2.30. The van der Waals surface area contributed by atoms with Crippen LogP contribution in [0.5, 0.6) is 0 Å². The lowest BCUT2D eigenvalue weighted by molar-refractivity contribution is -0.549. The molecule has 6 heteroatoms. The molecule has 6 nitrogen and oxygen atoms in total. The third-order valence-corrected chi connectivity index (χ3v) is 1.58. The van der Waals surface area contributed by atoms with Gasteiger partial charge >= 0.3 is 6.29 Å². The number of aliphatic hydroxyl groups is 1. The van der Waals surface area contributed by atoms with E-state index in [4.69, 9.17) is 5.11 Å². The number of nitrogens with one attached hydrogen (secondary N) is 1. The van der Waals surface area contributed by atoms with Crippen molar-refractivity contribution in [2.75, 3.05) is 13.7 Å². The third kappa shape index (κ3) is 1.25. The maximum absolute atomic E-state index is 10.3. The van der Waals surface area contributed by atoms with Gasteiger partial charge in [-0.1, -0.05) is 0 Å². The minimum Gasteiger partial charge on any atom is -0.390 e. The van der Waals surface area contributed by atoms with Crippen LogP contribution in [0, 0.1) is 10.1 Å². The molecule has 0 saturated heterocycles. The molecule has 0 aliphatic carbocycles. The Morgan fingerprint density at radius 2 is 2.64 bits per heavy atom. The van der Waals surface area contributed by atoms with E-state index in [-0.39, 0.29) is 6.61 Å². The van der Waals surface area contributed by atoms with Crippen LogP contribution >= 0.6 is 0 Å². The Hall–Kier alpha value is -1.30. The zero-order valence-corrected chi connectivity index (χ0v) is 6.02. The maximum atomic E-state index is 10.3. The molecule has 1 heterocycles. The fraction of sp³-hybridized carbons (Fsp3) is 0.600. The molecule has 0 saturated carbocycles. The van der Waals surface area contributed by atoms with E-state index in [1.165, 1.54) is 11.1 Å². The van der Waals surface area contributed by atoms with Crippen LogP contribution in [-0.2, 0) is 0 Å². The minimum atomic E-state index is -0.933. The molecule has 0 aromatic rings. The van der Waals surface area contributed by atoms with Gasteiger partial charge in [-0.25, -0.2) is 0 Å². The van der Waals surface area contributed by atoms with Crippen LogP contribution in [0.3, 0.4) is 0 Å². The van der Waals surface area contributed by atoms with Gasteiger partial charge in [0.05, 0.1) is 17.2 Å². The van der Waals surface area contributed by atoms with Crippen LogP contribution in [0.1, 0.15) is 0 Å². The van der Waals surface area contributed by atoms with E-state index in [1.54, 1.807) is 7.05 Å². The highest BCUT2D eigenvalue weighted by molar-refractivity contribution is 5.05. The third-order valence-electron chi connectivity index (χ3n) is 1.58. The highest BCUT2D eigenvalue weighted by Crippen LogP contribution is 2.10. The SMILES string of the molecule is CN1C(CO)=CNC1[N+](=O)[O-]. The molecule has 0 fully saturated rings. The first-order valence-corrected chi connectivity index (χ1v) is 3.09. The molecule has 1 unspecified atom stereocenters. The predicted octanol–water partition coefficient (Wildman–Crippen LogP) is -1.08. The molecule has 1 aliphatic rings. The van der Waals surface area contributed by atoms with Crippen LogP contribution in [0.15, 0.2) is 11.9 Å². The molecule has 0 radical (unpaired) electrons. The summed E-state index contributed by atoms with van der Waals surface area (Å²) in [6.45, 7) is -0.187. The summed E-state index contributed by atoms with van der Waals surface area (Å²) in [5.41, 5.74) is 0.520. The summed E-state index contributed by atoms with van der Waals surface area (Å²) in [7, 11) is 1.55. The van der Waals surface area contributed by atoms with Crippen molar-refractivity contribution in [3.63, 3.8) is 0 Å². The van der Waals surface area contributed by atoms with Gasteiger partial charge in [0, 0.05) is 13.2 Å². The van der Waals surface area contributed by atoms with Crippen molar-refractivity contribution in [3.8, 4) is 0 Å². The number of nitro groups is 1. The Kier molecular flexibility index (Phi) is 1.95. The minimum absolute atomic E-state index is 0.187. The second-order valence-electron chi connectivity index (χ2n) is 2.23. The largest absolute Gasteiger partial charge is 0.390 e. The average molecular weight is 159 g/mol. The molecule has 1 aliphatic heterocycles. The first kappa shape index (κ1) is 7.80. The first-order chi connectivity index (χ1) is 5.16. The van der Waals surface area contributed by atoms with E-state index < -0.39 is 11.2 Å². The molecular formula is C5H9N3O3. The van der Waals surface area contributed by atoms with Crippen molar-refractivity contribution < 1.29 is 10.0 Å². The summed E-state index contributed by atoms with van der Waals surface area (Å²) >= 11 is 0. The van der Waals surface area contributed by atoms with Gasteiger partial charge in [0.1, 0.15) is 0 Å². The van der Waals surface area contributed by atoms with Crippen molar-refractivity contribution in [1.29, 1.82) is 0 Å². The van der Waals surface area contributed by atoms with Crippen LogP contribution in [0.25, 0.3) is 0 Å². The van der Waals surface area contributed by atoms with Crippen molar-refractivity contribution in [3.05, 3.63) is 22.0 Å². The van der Waals surface area contributed by atoms with Crippen molar-refractivity contribution in [2.24, 2.45) is 0 Å². The summed E-state index contributed by atoms with van der Waals surface area (Å²) < 4.78 is 0. The van der Waals surface area contributed by atoms with E-state index in [2.05, 4.69) is 5.32 Å². The molecule has 62 valence electrons. The topological polar surface area (TPSA) is 78.6 Å². The normalized spacial score (nSPS) is 22.9. The van der Waals surface area contributed by atoms with Gasteiger partial charge in [-0.2, -0.15) is 0 Å². The Bertz CT molecular complexity index is 203. The van der Waals surface area contributed by atoms with Gasteiger partial charge < -0.3 is 10.4 Å². The smallest absolute Gasteiger partial charge is 0.365 e. The second-order valence-corrected chi connectivity index (χ2v) is 2.23. The van der Waals surface area contributed by atoms with Crippen molar-refractivity contribution >= 4 is 0 Å². The van der Waals surface area contributed by atoms with E-state index in [0.29, 0.717) is 5.70 Å². The molecule has 0 spiro atoms. The maximum Gasteiger partial charge on any atom is 0.365 e. The Morgan fingerprint density at radius 3 is 2.91 bits per heavy atom. The fourth-order valence-corrected chi connectivity index (χ4v) is 0.901. The van der Waals surface area contributed by atoms with Crippen LogP contribution < -0.4 is 5.32 Å². The summed E-state index contributed by atoms with van der Waals surface area (Å²) in [5, 5.41) is 21.4. The predicted molar refractivity (Wildman–Crippen MR) is 36.8 cm³/mol. The summed E-state index contributed by atoms with van der Waals surface area (Å²) in [6.07, 6.45) is 0.505. The molecule has 11 heavy (non-hydrogen) atoms. The molecule has 2 N–H and O–H groups in total. The van der Waals surface area contributed by atoms with Crippen molar-refractivity contribution in [2.45, 2.75) is 6.29 Å². The second kappa shape index (κ2) is 2.75. The number of nitrogens with zero attached hydrogens (tertiary/aromatic N) is 2. The standard InChI is InChI=1S/C5H9N3O3/c1-7-4(3-9)2-6-5(7)8(10)11/h2,5-6,9H,3H2,1H3. The summed E-state index contributed by atoms with van der Waals surface area (Å²) in [6, 6.07) is 0. The van der Waals surface area contributed by atoms with Gasteiger partial charge in [0.2, 0.25) is 0 Å². The lowest BCUT2D eigenvalue weighted by Gasteiger charge is -2.15. The number of aliphatic hydroxyl groups excluding tert-OH is 1. The van der Waals surface area contributed by atoms with Crippen LogP contribution in [-0.4, -0.2) is 34.9 Å². The zero-order chi connectivity index (χ0) is 8.43. The lowest BCUT2D eigenvalue weighted by atomic mass is 10.5. The van der Waals surface area contributed by atoms with E-state index >= 15 is 0 Å². The van der Waals surface area contributed by atoms with Gasteiger partial charge in [-0.05, 0) is 0 Å². The molecule has 0 aromatic carbocycles. The Balaban J connectivity index is 2.63. The van der Waals surface area contributed by atoms with Gasteiger partial charge in [-0.3, -0.25) is 15.0 Å². The Labute approximate surface area is 63.3 Å². The number of hydrogen-bond acceptors (Lipinski definition) is 5. The number of rotatable bonds is 2. The summed E-state index contributed by atoms with van der Waals surface area (Å²) in [4.78, 5) is 11.2. The molecule has 0 aromatic heterocycles. The highest BCUT2D eigenvalue weighted by Gasteiger charge is 2.30. The van der Waals surface area contributed by atoms with Crippen LogP contribution in [0.2, 0.25) is 0 Å². The molecule has 1 atom stereocenters. The van der Waals surface area contributed by atoms with Gasteiger partial charge in [0.25, 0.3) is 0 Å². The van der Waals surface area contributed by atoms with Crippen LogP contribution in [0.4, 0.5) is 0 Å². The molecule has 0 amide bonds. The molecule has 0 bridgehead atoms. The fourth-order valence-electron chi connectivity index (χ4n) is 0.901. The molecule has 1 rings (SSSR count). The summed E-state index contributed by atoms with van der Waals surface area (Å²) in [5.74, 6) is 0. The monoisotopic (exact) mass is 159 g/mol. The quantitative estimate of drug-likeness (QED) is 0.395. The highest BCUT2D eigenvalue weighted by atomic mass is 16.6. The zero-order valence-electron chi connectivity index (χ0n) is 6.02. The Morgan fingerprint density at radius 1 is 2.00 bits per heavy atom. The van der Waals surface area contributed by atoms with Gasteiger partial charge in [0.15, 0.2) is 0 Å². The van der Waals surface area contributed by atoms with Gasteiger partial charge in [-0.15, -0.1) is 0 Å². The van der Waals surface area contributed by atoms with Crippen molar-refractivity contribution in [1.82, 2.24) is 10.2 Å². The van der Waals surface area contributed by atoms with E-state index in [1.807, 2.05) is 0 Å². The molecular weight excluding hydrogens is 150 g/mol. The number of likely N-dealkylation sites (N-methyl/N-ethyl adjacent to an activating group) is 1. The van der Waals surface area contributed by atoms with E-state index in [9.17, 15) is 10.1 Å². The number of hydrogen-bond donors (Lipinski definition) is 2.